The van der Waals surface area contributed by atoms with Crippen LogP contribution < -0.4 is 10.2 Å². The first kappa shape index (κ1) is 15.4. The number of nitrogens with one attached hydrogen (secondary N) is 1. The fraction of sp³-hybridized carbons (Fsp3) is 0.667. The van der Waals surface area contributed by atoms with Crippen molar-refractivity contribution >= 4 is 5.69 Å². The lowest BCUT2D eigenvalue weighted by Gasteiger charge is -2.39. The molecule has 1 N–H and O–H groups in total. The van der Waals surface area contributed by atoms with Gasteiger partial charge < -0.3 is 10.2 Å². The van der Waals surface area contributed by atoms with Crippen LogP contribution in [0.4, 0.5) is 5.69 Å². The average molecular weight is 274 g/mol. The van der Waals surface area contributed by atoms with Gasteiger partial charge in [0.05, 0.1) is 0 Å². The quantitative estimate of drug-likeness (QED) is 0.820. The molecule has 0 bridgehead atoms. The fourth-order valence-corrected chi connectivity index (χ4v) is 3.33. The zero-order valence-electron chi connectivity index (χ0n) is 13.4. The minimum absolute atomic E-state index is 0.436. The second kappa shape index (κ2) is 7.68. The molecule has 0 spiro atoms. The second-order valence-corrected chi connectivity index (χ2v) is 5.99. The number of benzene rings is 1. The standard InChI is InChI=1S/C18H30N2/c1-4-13-19-15(3)17-11-6-7-12-18(17)20-14-9-8-10-16(20)5-2/h6-7,11-12,15-16,19H,4-5,8-10,13-14H2,1-3H3. The van der Waals surface area contributed by atoms with Gasteiger partial charge in [-0.2, -0.15) is 0 Å². The first-order chi connectivity index (χ1) is 9.77. The Morgan fingerprint density at radius 3 is 2.80 bits per heavy atom. The fourth-order valence-electron chi connectivity index (χ4n) is 3.33. The maximum Gasteiger partial charge on any atom is 0.0417 e. The van der Waals surface area contributed by atoms with E-state index >= 15 is 0 Å². The maximum atomic E-state index is 3.63. The predicted octanol–water partition coefficient (Wildman–Crippen LogP) is 4.52. The Kier molecular flexibility index (Phi) is 5.90. The molecule has 0 saturated carbocycles. The van der Waals surface area contributed by atoms with E-state index in [1.165, 1.54) is 49.9 Å². The topological polar surface area (TPSA) is 15.3 Å². The zero-order valence-corrected chi connectivity index (χ0v) is 13.4. The molecule has 0 aromatic heterocycles. The highest BCUT2D eigenvalue weighted by atomic mass is 15.2. The SMILES string of the molecule is CCCNC(C)c1ccccc1N1CCCCC1CC. The highest BCUT2D eigenvalue weighted by Gasteiger charge is 2.23. The van der Waals surface area contributed by atoms with Crippen LogP contribution in [0.5, 0.6) is 0 Å². The van der Waals surface area contributed by atoms with Crippen LogP contribution in [0.3, 0.4) is 0 Å². The number of hydrogen-bond donors (Lipinski definition) is 1. The molecule has 1 heterocycles. The third-order valence-electron chi connectivity index (χ3n) is 4.51. The first-order valence-corrected chi connectivity index (χ1v) is 8.36. The van der Waals surface area contributed by atoms with E-state index in [-0.39, 0.29) is 0 Å². The molecule has 1 aromatic rings. The van der Waals surface area contributed by atoms with E-state index in [0.29, 0.717) is 6.04 Å². The van der Waals surface area contributed by atoms with Crippen molar-refractivity contribution in [3.63, 3.8) is 0 Å². The van der Waals surface area contributed by atoms with Gasteiger partial charge in [0.1, 0.15) is 0 Å². The number of anilines is 1. The van der Waals surface area contributed by atoms with Crippen molar-refractivity contribution in [2.75, 3.05) is 18.0 Å². The third kappa shape index (κ3) is 3.54. The molecule has 1 saturated heterocycles. The molecule has 2 rings (SSSR count). The molecular weight excluding hydrogens is 244 g/mol. The lowest BCUT2D eigenvalue weighted by atomic mass is 9.96. The number of hydrogen-bond acceptors (Lipinski definition) is 2. The molecule has 0 radical (unpaired) electrons. The molecule has 2 nitrogen and oxygen atoms in total. The minimum Gasteiger partial charge on any atom is -0.368 e. The van der Waals surface area contributed by atoms with Crippen LogP contribution in [0.15, 0.2) is 24.3 Å². The summed E-state index contributed by atoms with van der Waals surface area (Å²) in [5.74, 6) is 0. The molecule has 112 valence electrons. The van der Waals surface area contributed by atoms with Gasteiger partial charge in [-0.3, -0.25) is 0 Å². The van der Waals surface area contributed by atoms with Gasteiger partial charge in [-0.25, -0.2) is 0 Å². The van der Waals surface area contributed by atoms with Crippen molar-refractivity contribution in [3.05, 3.63) is 29.8 Å². The van der Waals surface area contributed by atoms with E-state index in [1.54, 1.807) is 0 Å². The van der Waals surface area contributed by atoms with Crippen LogP contribution >= 0.6 is 0 Å². The van der Waals surface area contributed by atoms with E-state index < -0.39 is 0 Å². The van der Waals surface area contributed by atoms with Gasteiger partial charge in [-0.1, -0.05) is 32.0 Å². The summed E-state index contributed by atoms with van der Waals surface area (Å²) in [6.45, 7) is 9.15. The highest BCUT2D eigenvalue weighted by molar-refractivity contribution is 5.56. The van der Waals surface area contributed by atoms with E-state index in [0.717, 1.165) is 12.6 Å². The molecule has 1 aliphatic heterocycles. The molecule has 20 heavy (non-hydrogen) atoms. The van der Waals surface area contributed by atoms with Gasteiger partial charge in [0.15, 0.2) is 0 Å². The molecule has 0 amide bonds. The number of piperidine rings is 1. The van der Waals surface area contributed by atoms with Gasteiger partial charge >= 0.3 is 0 Å². The van der Waals surface area contributed by atoms with Crippen LogP contribution in [0, 0.1) is 0 Å². The molecule has 2 atom stereocenters. The highest BCUT2D eigenvalue weighted by Crippen LogP contribution is 2.32. The molecule has 1 aromatic carbocycles. The summed E-state index contributed by atoms with van der Waals surface area (Å²) in [6.07, 6.45) is 6.52. The number of nitrogens with zero attached hydrogens (tertiary/aromatic N) is 1. The lowest BCUT2D eigenvalue weighted by molar-refractivity contribution is 0.447. The van der Waals surface area contributed by atoms with Gasteiger partial charge in [0.2, 0.25) is 0 Å². The van der Waals surface area contributed by atoms with Crippen LogP contribution in [0.1, 0.15) is 64.5 Å². The van der Waals surface area contributed by atoms with Gasteiger partial charge in [0, 0.05) is 24.3 Å². The van der Waals surface area contributed by atoms with Crippen molar-refractivity contribution in [1.82, 2.24) is 5.32 Å². The summed E-state index contributed by atoms with van der Waals surface area (Å²) in [4.78, 5) is 2.66. The number of rotatable bonds is 6. The van der Waals surface area contributed by atoms with E-state index in [1.807, 2.05) is 0 Å². The first-order valence-electron chi connectivity index (χ1n) is 8.36. The monoisotopic (exact) mass is 274 g/mol. The minimum atomic E-state index is 0.436. The number of para-hydroxylation sites is 1. The van der Waals surface area contributed by atoms with E-state index in [2.05, 4.69) is 55.3 Å². The summed E-state index contributed by atoms with van der Waals surface area (Å²) >= 11 is 0. The Balaban J connectivity index is 2.21. The average Bonchev–Trinajstić information content (AvgIpc) is 2.52. The van der Waals surface area contributed by atoms with Gasteiger partial charge in [0.25, 0.3) is 0 Å². The third-order valence-corrected chi connectivity index (χ3v) is 4.51. The van der Waals surface area contributed by atoms with Crippen LogP contribution in [0.2, 0.25) is 0 Å². The van der Waals surface area contributed by atoms with E-state index in [4.69, 9.17) is 0 Å². The maximum absolute atomic E-state index is 3.63. The summed E-state index contributed by atoms with van der Waals surface area (Å²) in [5, 5.41) is 3.63. The van der Waals surface area contributed by atoms with E-state index in [9.17, 15) is 0 Å². The summed E-state index contributed by atoms with van der Waals surface area (Å²) in [5.41, 5.74) is 2.91. The van der Waals surface area contributed by atoms with Crippen molar-refractivity contribution in [2.24, 2.45) is 0 Å². The van der Waals surface area contributed by atoms with Crippen molar-refractivity contribution in [2.45, 2.75) is 65.0 Å². The molecular formula is C18H30N2. The molecule has 2 unspecified atom stereocenters. The van der Waals surface area contributed by atoms with Crippen LogP contribution in [-0.4, -0.2) is 19.1 Å². The van der Waals surface area contributed by atoms with Crippen LogP contribution in [-0.2, 0) is 0 Å². The largest absolute Gasteiger partial charge is 0.368 e. The molecule has 1 aliphatic rings. The Morgan fingerprint density at radius 2 is 2.05 bits per heavy atom. The molecule has 2 heteroatoms. The smallest absolute Gasteiger partial charge is 0.0417 e. The zero-order chi connectivity index (χ0) is 14.4. The van der Waals surface area contributed by atoms with Gasteiger partial charge in [-0.15, -0.1) is 0 Å². The van der Waals surface area contributed by atoms with Crippen molar-refractivity contribution < 1.29 is 0 Å². The Morgan fingerprint density at radius 1 is 1.25 bits per heavy atom. The Labute approximate surface area is 124 Å². The van der Waals surface area contributed by atoms with Crippen molar-refractivity contribution in [1.29, 1.82) is 0 Å². The van der Waals surface area contributed by atoms with Crippen LogP contribution in [0.25, 0.3) is 0 Å². The predicted molar refractivity (Wildman–Crippen MR) is 88.4 cm³/mol. The van der Waals surface area contributed by atoms with Crippen molar-refractivity contribution in [3.8, 4) is 0 Å². The summed E-state index contributed by atoms with van der Waals surface area (Å²) in [7, 11) is 0. The molecule has 0 aliphatic carbocycles. The molecule has 1 fully saturated rings. The summed E-state index contributed by atoms with van der Waals surface area (Å²) < 4.78 is 0. The van der Waals surface area contributed by atoms with Gasteiger partial charge in [-0.05, 0) is 57.2 Å². The summed E-state index contributed by atoms with van der Waals surface area (Å²) in [6, 6.07) is 10.1. The normalized spacial score (nSPS) is 20.9. The second-order valence-electron chi connectivity index (χ2n) is 5.99. The Bertz CT molecular complexity index is 402. The lowest BCUT2D eigenvalue weighted by Crippen LogP contribution is -2.40. The Hall–Kier alpha value is -1.02.